The molecule has 1 amide bonds. The van der Waals surface area contributed by atoms with Crippen LogP contribution in [-0.4, -0.2) is 13.0 Å². The van der Waals surface area contributed by atoms with Crippen LogP contribution >= 0.6 is 27.5 Å². The maximum Gasteiger partial charge on any atom is 0.259 e. The molecule has 0 radical (unpaired) electrons. The van der Waals surface area contributed by atoms with E-state index in [-0.39, 0.29) is 5.91 Å². The Kier molecular flexibility index (Phi) is 4.68. The van der Waals surface area contributed by atoms with Crippen LogP contribution in [0.3, 0.4) is 0 Å². The van der Waals surface area contributed by atoms with E-state index in [1.54, 1.807) is 18.2 Å². The van der Waals surface area contributed by atoms with Crippen molar-refractivity contribution in [1.82, 2.24) is 0 Å². The summed E-state index contributed by atoms with van der Waals surface area (Å²) in [5, 5.41) is 3.33. The van der Waals surface area contributed by atoms with Crippen molar-refractivity contribution >= 4 is 39.1 Å². The summed E-state index contributed by atoms with van der Waals surface area (Å²) in [5.41, 5.74) is 2.14. The molecule has 0 atom stereocenters. The monoisotopic (exact) mass is 353 g/mol. The second-order valence-corrected chi connectivity index (χ2v) is 5.46. The van der Waals surface area contributed by atoms with Gasteiger partial charge in [0.1, 0.15) is 5.75 Å². The quantitative estimate of drug-likeness (QED) is 0.869. The minimum absolute atomic E-state index is 0.268. The van der Waals surface area contributed by atoms with Gasteiger partial charge in [-0.25, -0.2) is 0 Å². The Balaban J connectivity index is 2.33. The fourth-order valence-corrected chi connectivity index (χ4v) is 2.33. The molecular weight excluding hydrogens is 342 g/mol. The zero-order valence-corrected chi connectivity index (χ0v) is 13.4. The molecule has 20 heavy (non-hydrogen) atoms. The summed E-state index contributed by atoms with van der Waals surface area (Å²) in [5.74, 6) is 0.214. The van der Waals surface area contributed by atoms with Crippen molar-refractivity contribution in [2.45, 2.75) is 6.92 Å². The van der Waals surface area contributed by atoms with Crippen LogP contribution in [0.2, 0.25) is 5.02 Å². The molecule has 0 saturated carbocycles. The van der Waals surface area contributed by atoms with Crippen molar-refractivity contribution in [2.75, 3.05) is 12.4 Å². The Morgan fingerprint density at radius 1 is 1.30 bits per heavy atom. The highest BCUT2D eigenvalue weighted by Crippen LogP contribution is 2.28. The molecule has 0 spiro atoms. The summed E-state index contributed by atoms with van der Waals surface area (Å²) in [6.45, 7) is 1.96. The minimum Gasteiger partial charge on any atom is -0.496 e. The van der Waals surface area contributed by atoms with Crippen LogP contribution in [0.15, 0.2) is 40.9 Å². The third kappa shape index (κ3) is 3.14. The van der Waals surface area contributed by atoms with E-state index in [1.807, 2.05) is 25.1 Å². The highest BCUT2D eigenvalue weighted by atomic mass is 79.9. The molecule has 0 aromatic heterocycles. The van der Waals surface area contributed by atoms with E-state index in [0.29, 0.717) is 22.0 Å². The van der Waals surface area contributed by atoms with Gasteiger partial charge in [0.15, 0.2) is 0 Å². The number of amides is 1. The summed E-state index contributed by atoms with van der Waals surface area (Å²) >= 11 is 9.39. The van der Waals surface area contributed by atoms with Gasteiger partial charge in [-0.3, -0.25) is 4.79 Å². The third-order valence-corrected chi connectivity index (χ3v) is 4.13. The molecule has 0 fully saturated rings. The Bertz CT molecular complexity index is 658. The number of aryl methyl sites for hydroxylation is 1. The zero-order chi connectivity index (χ0) is 14.7. The lowest BCUT2D eigenvalue weighted by atomic mass is 10.1. The van der Waals surface area contributed by atoms with Crippen LogP contribution in [-0.2, 0) is 0 Å². The van der Waals surface area contributed by atoms with Gasteiger partial charge < -0.3 is 10.1 Å². The number of methoxy groups -OCH3 is 1. The lowest BCUT2D eigenvalue weighted by Crippen LogP contribution is -2.13. The molecule has 0 unspecified atom stereocenters. The number of anilines is 1. The molecule has 0 aliphatic heterocycles. The summed E-state index contributed by atoms with van der Waals surface area (Å²) in [6, 6.07) is 10.6. The Morgan fingerprint density at radius 3 is 2.75 bits per heavy atom. The van der Waals surface area contributed by atoms with Gasteiger partial charge in [0, 0.05) is 9.50 Å². The Hall–Kier alpha value is -1.52. The smallest absolute Gasteiger partial charge is 0.259 e. The molecule has 3 nitrogen and oxygen atoms in total. The zero-order valence-electron chi connectivity index (χ0n) is 11.0. The molecule has 1 N–H and O–H groups in total. The lowest BCUT2D eigenvalue weighted by molar-refractivity contribution is 0.102. The lowest BCUT2D eigenvalue weighted by Gasteiger charge is -2.11. The van der Waals surface area contributed by atoms with E-state index < -0.39 is 0 Å². The molecule has 2 aromatic rings. The molecule has 0 saturated heterocycles. The number of ether oxygens (including phenoxy) is 1. The van der Waals surface area contributed by atoms with E-state index in [2.05, 4.69) is 21.2 Å². The number of nitrogens with one attached hydrogen (secondary N) is 1. The molecule has 0 aliphatic carbocycles. The number of rotatable bonds is 3. The first-order valence-electron chi connectivity index (χ1n) is 5.93. The second kappa shape index (κ2) is 6.29. The van der Waals surface area contributed by atoms with Crippen LogP contribution in [0.5, 0.6) is 5.75 Å². The third-order valence-electron chi connectivity index (χ3n) is 2.85. The highest BCUT2D eigenvalue weighted by molar-refractivity contribution is 9.10. The first-order valence-corrected chi connectivity index (χ1v) is 7.10. The molecule has 0 bridgehead atoms. The SMILES string of the molecule is COc1ccc(Cl)cc1C(=O)Nc1cccc(C)c1Br. The molecule has 2 rings (SSSR count). The van der Waals surface area contributed by atoms with Gasteiger partial charge in [0.25, 0.3) is 5.91 Å². The number of hydrogen-bond donors (Lipinski definition) is 1. The van der Waals surface area contributed by atoms with Gasteiger partial charge in [0.2, 0.25) is 0 Å². The maximum absolute atomic E-state index is 12.3. The normalized spacial score (nSPS) is 10.2. The van der Waals surface area contributed by atoms with Crippen molar-refractivity contribution in [2.24, 2.45) is 0 Å². The van der Waals surface area contributed by atoms with Gasteiger partial charge in [-0.2, -0.15) is 0 Å². The predicted molar refractivity (Wildman–Crippen MR) is 84.8 cm³/mol. The molecule has 104 valence electrons. The Labute approximate surface area is 131 Å². The highest BCUT2D eigenvalue weighted by Gasteiger charge is 2.14. The van der Waals surface area contributed by atoms with E-state index >= 15 is 0 Å². The van der Waals surface area contributed by atoms with Gasteiger partial charge >= 0.3 is 0 Å². The van der Waals surface area contributed by atoms with Crippen molar-refractivity contribution in [3.05, 3.63) is 57.0 Å². The predicted octanol–water partition coefficient (Wildman–Crippen LogP) is 4.67. The molecular formula is C15H13BrClNO2. The van der Waals surface area contributed by atoms with Crippen LogP contribution in [0.1, 0.15) is 15.9 Å². The molecule has 0 aliphatic rings. The van der Waals surface area contributed by atoms with Crippen LogP contribution in [0, 0.1) is 6.92 Å². The number of hydrogen-bond acceptors (Lipinski definition) is 2. The number of carbonyl (C=O) groups is 1. The summed E-state index contributed by atoms with van der Waals surface area (Å²) in [6.07, 6.45) is 0. The number of halogens is 2. The largest absolute Gasteiger partial charge is 0.496 e. The summed E-state index contributed by atoms with van der Waals surface area (Å²) in [7, 11) is 1.52. The topological polar surface area (TPSA) is 38.3 Å². The first-order chi connectivity index (χ1) is 9.52. The van der Waals surface area contributed by atoms with Crippen LogP contribution in [0.25, 0.3) is 0 Å². The fraction of sp³-hybridized carbons (Fsp3) is 0.133. The fourth-order valence-electron chi connectivity index (χ4n) is 1.79. The summed E-state index contributed by atoms with van der Waals surface area (Å²) in [4.78, 5) is 12.3. The van der Waals surface area contributed by atoms with Crippen molar-refractivity contribution in [3.63, 3.8) is 0 Å². The molecule has 0 heterocycles. The van der Waals surface area contributed by atoms with Crippen LogP contribution in [0.4, 0.5) is 5.69 Å². The van der Waals surface area contributed by atoms with Gasteiger partial charge in [-0.15, -0.1) is 0 Å². The maximum atomic E-state index is 12.3. The standard InChI is InChI=1S/C15H13BrClNO2/c1-9-4-3-5-12(14(9)16)18-15(19)11-8-10(17)6-7-13(11)20-2/h3-8H,1-2H3,(H,18,19). The van der Waals surface area contributed by atoms with Crippen molar-refractivity contribution in [3.8, 4) is 5.75 Å². The van der Waals surface area contributed by atoms with E-state index in [1.165, 1.54) is 7.11 Å². The minimum atomic E-state index is -0.268. The van der Waals surface area contributed by atoms with E-state index in [0.717, 1.165) is 10.0 Å². The number of carbonyl (C=O) groups excluding carboxylic acids is 1. The van der Waals surface area contributed by atoms with Gasteiger partial charge in [-0.1, -0.05) is 23.7 Å². The van der Waals surface area contributed by atoms with Gasteiger partial charge in [-0.05, 0) is 52.7 Å². The molecule has 5 heteroatoms. The van der Waals surface area contributed by atoms with E-state index in [4.69, 9.17) is 16.3 Å². The molecule has 2 aromatic carbocycles. The Morgan fingerprint density at radius 2 is 2.05 bits per heavy atom. The van der Waals surface area contributed by atoms with Crippen LogP contribution < -0.4 is 10.1 Å². The van der Waals surface area contributed by atoms with E-state index in [9.17, 15) is 4.79 Å². The van der Waals surface area contributed by atoms with Gasteiger partial charge in [0.05, 0.1) is 18.4 Å². The van der Waals surface area contributed by atoms with Crippen molar-refractivity contribution in [1.29, 1.82) is 0 Å². The van der Waals surface area contributed by atoms with Crippen molar-refractivity contribution < 1.29 is 9.53 Å². The second-order valence-electron chi connectivity index (χ2n) is 4.24. The number of benzene rings is 2. The summed E-state index contributed by atoms with van der Waals surface area (Å²) < 4.78 is 6.04. The first kappa shape index (κ1) is 14.9. The average molecular weight is 355 g/mol. The average Bonchev–Trinajstić information content (AvgIpc) is 2.43.